The molecule has 2 atom stereocenters. The highest BCUT2D eigenvalue weighted by Gasteiger charge is 2.37. The van der Waals surface area contributed by atoms with Crippen molar-refractivity contribution in [2.75, 3.05) is 12.8 Å². The van der Waals surface area contributed by atoms with Crippen LogP contribution in [-0.2, 0) is 19.6 Å². The molecule has 1 fully saturated rings. The van der Waals surface area contributed by atoms with E-state index in [1.54, 1.807) is 22.6 Å². The lowest BCUT2D eigenvalue weighted by Crippen LogP contribution is -2.48. The van der Waals surface area contributed by atoms with Crippen molar-refractivity contribution >= 4 is 44.5 Å². The Balaban J connectivity index is 2.72. The summed E-state index contributed by atoms with van der Waals surface area (Å²) < 4.78 is 22.8. The average molecular weight is 376 g/mol. The summed E-state index contributed by atoms with van der Waals surface area (Å²) in [6.45, 7) is 0.301. The van der Waals surface area contributed by atoms with E-state index in [1.165, 1.54) is 0 Å². The maximum atomic E-state index is 11.7. The summed E-state index contributed by atoms with van der Waals surface area (Å²) in [5.41, 5.74) is 0. The van der Waals surface area contributed by atoms with Gasteiger partial charge in [0.25, 0.3) is 0 Å². The molecule has 2 unspecified atom stereocenters. The predicted octanol–water partition coefficient (Wildman–Crippen LogP) is -0.628. The minimum Gasteiger partial charge on any atom is -0.479 e. The number of carboxylic acids is 1. The van der Waals surface area contributed by atoms with Crippen LogP contribution in [0.2, 0.25) is 0 Å². The van der Waals surface area contributed by atoms with Crippen molar-refractivity contribution in [2.24, 2.45) is 0 Å². The van der Waals surface area contributed by atoms with Gasteiger partial charge in [-0.2, -0.15) is 4.31 Å². The maximum Gasteiger partial charge on any atom is 0.336 e. The molecule has 1 aliphatic heterocycles. The Labute approximate surface area is 113 Å². The largest absolute Gasteiger partial charge is 0.479 e. The molecular weight excluding hydrogens is 363 g/mol. The fourth-order valence-corrected chi connectivity index (χ4v) is 3.11. The van der Waals surface area contributed by atoms with Gasteiger partial charge in [-0.25, -0.2) is 13.2 Å². The number of halogens is 1. The second-order valence-electron chi connectivity index (χ2n) is 3.74. The zero-order valence-corrected chi connectivity index (χ0v) is 12.1. The lowest BCUT2D eigenvalue weighted by atomic mass is 10.2. The summed E-state index contributed by atoms with van der Waals surface area (Å²) >= 11 is 1.56. The van der Waals surface area contributed by atoms with E-state index in [0.717, 1.165) is 10.6 Å². The first-order valence-electron chi connectivity index (χ1n) is 4.87. The first-order chi connectivity index (χ1) is 7.73. The van der Waals surface area contributed by atoms with Gasteiger partial charge in [-0.3, -0.25) is 4.79 Å². The Morgan fingerprint density at radius 3 is 2.59 bits per heavy atom. The van der Waals surface area contributed by atoms with E-state index in [1.807, 2.05) is 0 Å². The second-order valence-corrected chi connectivity index (χ2v) is 6.92. The number of carboxylic acid groups (broad SMARTS) is 1. The number of carbonyl (C=O) groups excluding carboxylic acids is 1. The van der Waals surface area contributed by atoms with Crippen LogP contribution >= 0.6 is 22.6 Å². The summed E-state index contributed by atoms with van der Waals surface area (Å²) in [5, 5.41) is 10.9. The fourth-order valence-electron chi connectivity index (χ4n) is 1.68. The number of aliphatic carboxylic acids is 1. The van der Waals surface area contributed by atoms with E-state index < -0.39 is 32.0 Å². The number of sulfonamides is 1. The van der Waals surface area contributed by atoms with E-state index in [0.29, 0.717) is 19.4 Å². The lowest BCUT2D eigenvalue weighted by molar-refractivity contribution is -0.139. The minimum atomic E-state index is -3.43. The van der Waals surface area contributed by atoms with Gasteiger partial charge in [-0.05, 0) is 35.4 Å². The molecule has 1 aliphatic rings. The molecule has 0 aromatic rings. The van der Waals surface area contributed by atoms with E-state index in [-0.39, 0.29) is 0 Å². The molecule has 0 aliphatic carbocycles. The third kappa shape index (κ3) is 3.78. The lowest BCUT2D eigenvalue weighted by Gasteiger charge is -2.21. The number of nitrogens with zero attached hydrogens (tertiary/aromatic N) is 1. The van der Waals surface area contributed by atoms with Gasteiger partial charge in [0.05, 0.1) is 6.26 Å². The van der Waals surface area contributed by atoms with Gasteiger partial charge in [-0.1, -0.05) is 0 Å². The molecule has 2 N–H and O–H groups in total. The molecule has 1 amide bonds. The van der Waals surface area contributed by atoms with E-state index >= 15 is 0 Å². The van der Waals surface area contributed by atoms with E-state index in [4.69, 9.17) is 5.11 Å². The van der Waals surface area contributed by atoms with Crippen molar-refractivity contribution in [1.29, 1.82) is 0 Å². The number of amides is 1. The molecule has 98 valence electrons. The zero-order valence-electron chi connectivity index (χ0n) is 9.09. The molecule has 9 heteroatoms. The van der Waals surface area contributed by atoms with Gasteiger partial charge in [0.15, 0.2) is 4.05 Å². The number of alkyl halides is 1. The second kappa shape index (κ2) is 5.48. The minimum absolute atomic E-state index is 0.301. The van der Waals surface area contributed by atoms with Gasteiger partial charge >= 0.3 is 5.97 Å². The van der Waals surface area contributed by atoms with Crippen molar-refractivity contribution in [2.45, 2.75) is 22.9 Å². The van der Waals surface area contributed by atoms with E-state index in [2.05, 4.69) is 5.32 Å². The Kier molecular flexibility index (Phi) is 4.72. The van der Waals surface area contributed by atoms with Crippen LogP contribution in [0.15, 0.2) is 0 Å². The number of rotatable bonds is 4. The van der Waals surface area contributed by atoms with Crippen LogP contribution < -0.4 is 5.32 Å². The monoisotopic (exact) mass is 376 g/mol. The summed E-state index contributed by atoms with van der Waals surface area (Å²) in [5.74, 6) is -1.72. The van der Waals surface area contributed by atoms with Gasteiger partial charge < -0.3 is 10.4 Å². The van der Waals surface area contributed by atoms with Crippen molar-refractivity contribution in [3.05, 3.63) is 0 Å². The first-order valence-corrected chi connectivity index (χ1v) is 7.97. The molecule has 7 nitrogen and oxygen atoms in total. The number of hydrogen-bond acceptors (Lipinski definition) is 4. The third-order valence-corrected chi connectivity index (χ3v) is 4.55. The average Bonchev–Trinajstić information content (AvgIpc) is 2.64. The van der Waals surface area contributed by atoms with Crippen molar-refractivity contribution in [3.63, 3.8) is 0 Å². The Hall–Kier alpha value is -0.420. The van der Waals surface area contributed by atoms with Gasteiger partial charge in [0.2, 0.25) is 15.9 Å². The zero-order chi connectivity index (χ0) is 13.2. The van der Waals surface area contributed by atoms with Crippen LogP contribution in [0.4, 0.5) is 0 Å². The Morgan fingerprint density at radius 2 is 2.12 bits per heavy atom. The quantitative estimate of drug-likeness (QED) is 0.387. The molecule has 0 bridgehead atoms. The molecule has 0 spiro atoms. The molecular formula is C8H13IN2O5S. The van der Waals surface area contributed by atoms with Crippen LogP contribution in [0.3, 0.4) is 0 Å². The third-order valence-electron chi connectivity index (χ3n) is 2.42. The van der Waals surface area contributed by atoms with Crippen molar-refractivity contribution in [3.8, 4) is 0 Å². The highest BCUT2D eigenvalue weighted by atomic mass is 127. The standard InChI is InChI=1S/C8H13IN2O5S/c1-17(15,16)11-4-2-3-5(11)7(12)10-6(9)8(13)14/h5-6H,2-4H2,1H3,(H,10,12)(H,13,14). The Bertz CT molecular complexity index is 424. The SMILES string of the molecule is CS(=O)(=O)N1CCCC1C(=O)NC(I)C(=O)O. The van der Waals surface area contributed by atoms with Crippen LogP contribution in [0.25, 0.3) is 0 Å². The Morgan fingerprint density at radius 1 is 1.53 bits per heavy atom. The van der Waals surface area contributed by atoms with Crippen LogP contribution in [0.1, 0.15) is 12.8 Å². The van der Waals surface area contributed by atoms with Crippen LogP contribution in [0.5, 0.6) is 0 Å². The van der Waals surface area contributed by atoms with Gasteiger partial charge in [0, 0.05) is 6.54 Å². The smallest absolute Gasteiger partial charge is 0.336 e. The normalized spacial score (nSPS) is 23.3. The molecule has 17 heavy (non-hydrogen) atoms. The highest BCUT2D eigenvalue weighted by molar-refractivity contribution is 14.1. The summed E-state index contributed by atoms with van der Waals surface area (Å²) in [7, 11) is -3.43. The van der Waals surface area contributed by atoms with E-state index in [9.17, 15) is 18.0 Å². The topological polar surface area (TPSA) is 104 Å². The summed E-state index contributed by atoms with van der Waals surface area (Å²) in [4.78, 5) is 22.3. The maximum absolute atomic E-state index is 11.7. The summed E-state index contributed by atoms with van der Waals surface area (Å²) in [6.07, 6.45) is 2.06. The van der Waals surface area contributed by atoms with Crippen LogP contribution in [0, 0.1) is 0 Å². The fraction of sp³-hybridized carbons (Fsp3) is 0.750. The number of nitrogens with one attached hydrogen (secondary N) is 1. The number of carbonyl (C=O) groups is 2. The van der Waals surface area contributed by atoms with Crippen LogP contribution in [-0.4, -0.2) is 52.6 Å². The van der Waals surface area contributed by atoms with Crippen molar-refractivity contribution in [1.82, 2.24) is 9.62 Å². The molecule has 1 saturated heterocycles. The molecule has 0 aromatic heterocycles. The molecule has 0 radical (unpaired) electrons. The van der Waals surface area contributed by atoms with Gasteiger partial charge in [-0.15, -0.1) is 0 Å². The van der Waals surface area contributed by atoms with Crippen molar-refractivity contribution < 1.29 is 23.1 Å². The summed E-state index contributed by atoms with van der Waals surface area (Å²) in [6, 6.07) is -0.790. The number of hydrogen-bond donors (Lipinski definition) is 2. The predicted molar refractivity (Wildman–Crippen MR) is 68.2 cm³/mol. The molecule has 1 rings (SSSR count). The highest BCUT2D eigenvalue weighted by Crippen LogP contribution is 2.20. The molecule has 0 aromatic carbocycles. The molecule has 1 heterocycles. The molecule has 0 saturated carbocycles. The first kappa shape index (κ1) is 14.6. The van der Waals surface area contributed by atoms with Gasteiger partial charge in [0.1, 0.15) is 6.04 Å².